The number of hydrogen-bond acceptors (Lipinski definition) is 2. The highest BCUT2D eigenvalue weighted by atomic mass is 127. The molecular formula is C11H16INO. The fourth-order valence-electron chi connectivity index (χ4n) is 0.955. The van der Waals surface area contributed by atoms with Crippen LogP contribution in [0.1, 0.15) is 13.8 Å². The van der Waals surface area contributed by atoms with Crippen LogP contribution in [0.25, 0.3) is 0 Å². The van der Waals surface area contributed by atoms with Crippen LogP contribution in [-0.2, 0) is 4.74 Å². The molecule has 3 heteroatoms. The first-order chi connectivity index (χ1) is 6.53. The number of nitrogens with one attached hydrogen (secondary N) is 1. The summed E-state index contributed by atoms with van der Waals surface area (Å²) in [5.74, 6) is 0. The predicted molar refractivity (Wildman–Crippen MR) is 68.7 cm³/mol. The number of anilines is 1. The molecule has 0 saturated heterocycles. The van der Waals surface area contributed by atoms with Gasteiger partial charge < -0.3 is 10.1 Å². The molecule has 1 aromatic rings. The average Bonchev–Trinajstić information content (AvgIpc) is 2.17. The van der Waals surface area contributed by atoms with Gasteiger partial charge in [0.15, 0.2) is 0 Å². The Kier molecular flexibility index (Phi) is 4.19. The monoisotopic (exact) mass is 305 g/mol. The van der Waals surface area contributed by atoms with Crippen molar-refractivity contribution >= 4 is 28.3 Å². The van der Waals surface area contributed by atoms with Crippen LogP contribution in [0.5, 0.6) is 0 Å². The minimum absolute atomic E-state index is 0.122. The predicted octanol–water partition coefficient (Wildman–Crippen LogP) is 3.13. The fraction of sp³-hybridized carbons (Fsp3) is 0.455. The van der Waals surface area contributed by atoms with Crippen molar-refractivity contribution in [3.63, 3.8) is 0 Å². The third-order valence-electron chi connectivity index (χ3n) is 2.12. The highest BCUT2D eigenvalue weighted by Gasteiger charge is 2.15. The minimum Gasteiger partial charge on any atom is -0.382 e. The molecule has 0 aliphatic rings. The number of hydrogen-bond donors (Lipinski definition) is 1. The summed E-state index contributed by atoms with van der Waals surface area (Å²) in [6.07, 6.45) is 0. The Balaban J connectivity index is 2.50. The molecule has 0 saturated carbocycles. The SMILES string of the molecule is COC(C)(C)CNc1ccc(I)cc1. The molecule has 0 atom stereocenters. The van der Waals surface area contributed by atoms with Crippen molar-refractivity contribution in [3.05, 3.63) is 27.8 Å². The van der Waals surface area contributed by atoms with Gasteiger partial charge in [-0.2, -0.15) is 0 Å². The van der Waals surface area contributed by atoms with Crippen LogP contribution < -0.4 is 5.32 Å². The molecule has 0 spiro atoms. The molecule has 78 valence electrons. The molecule has 0 heterocycles. The van der Waals surface area contributed by atoms with Crippen LogP contribution in [-0.4, -0.2) is 19.3 Å². The lowest BCUT2D eigenvalue weighted by molar-refractivity contribution is 0.0344. The highest BCUT2D eigenvalue weighted by molar-refractivity contribution is 14.1. The summed E-state index contributed by atoms with van der Waals surface area (Å²) < 4.78 is 6.57. The first-order valence-corrected chi connectivity index (χ1v) is 5.66. The minimum atomic E-state index is -0.122. The van der Waals surface area contributed by atoms with Crippen LogP contribution >= 0.6 is 22.6 Å². The molecule has 1 rings (SSSR count). The molecule has 0 aromatic heterocycles. The number of ether oxygens (including phenoxy) is 1. The van der Waals surface area contributed by atoms with Gasteiger partial charge in [-0.25, -0.2) is 0 Å². The lowest BCUT2D eigenvalue weighted by Crippen LogP contribution is -2.31. The molecule has 14 heavy (non-hydrogen) atoms. The van der Waals surface area contributed by atoms with Crippen molar-refractivity contribution in [2.24, 2.45) is 0 Å². The van der Waals surface area contributed by atoms with Gasteiger partial charge in [-0.15, -0.1) is 0 Å². The van der Waals surface area contributed by atoms with Gasteiger partial charge in [0, 0.05) is 22.9 Å². The van der Waals surface area contributed by atoms with E-state index in [1.165, 1.54) is 3.57 Å². The van der Waals surface area contributed by atoms with Crippen molar-refractivity contribution in [1.82, 2.24) is 0 Å². The molecule has 1 N–H and O–H groups in total. The Morgan fingerprint density at radius 3 is 2.36 bits per heavy atom. The zero-order chi connectivity index (χ0) is 10.6. The van der Waals surface area contributed by atoms with Gasteiger partial charge in [-0.3, -0.25) is 0 Å². The third-order valence-corrected chi connectivity index (χ3v) is 2.83. The van der Waals surface area contributed by atoms with Gasteiger partial charge in [0.05, 0.1) is 5.60 Å². The van der Waals surface area contributed by atoms with Crippen LogP contribution in [0, 0.1) is 3.57 Å². The summed E-state index contributed by atoms with van der Waals surface area (Å²) in [4.78, 5) is 0. The molecule has 0 amide bonds. The fourth-order valence-corrected chi connectivity index (χ4v) is 1.31. The molecule has 0 aliphatic heterocycles. The van der Waals surface area contributed by atoms with Crippen molar-refractivity contribution in [2.75, 3.05) is 19.0 Å². The van der Waals surface area contributed by atoms with Crippen LogP contribution in [0.2, 0.25) is 0 Å². The van der Waals surface area contributed by atoms with Crippen LogP contribution in [0.15, 0.2) is 24.3 Å². The lowest BCUT2D eigenvalue weighted by atomic mass is 10.1. The molecule has 1 aromatic carbocycles. The summed E-state index contributed by atoms with van der Waals surface area (Å²) in [6.45, 7) is 4.93. The number of rotatable bonds is 4. The van der Waals surface area contributed by atoms with E-state index in [1.807, 2.05) is 0 Å². The third kappa shape index (κ3) is 3.84. The summed E-state index contributed by atoms with van der Waals surface area (Å²) in [6, 6.07) is 8.33. The van der Waals surface area contributed by atoms with Gasteiger partial charge >= 0.3 is 0 Å². The van der Waals surface area contributed by atoms with Crippen molar-refractivity contribution < 1.29 is 4.74 Å². The Labute approximate surface area is 99.2 Å². The molecule has 0 bridgehead atoms. The zero-order valence-corrected chi connectivity index (χ0v) is 11.0. The summed E-state index contributed by atoms with van der Waals surface area (Å²) >= 11 is 2.30. The molecule has 0 fully saturated rings. The van der Waals surface area contributed by atoms with Crippen LogP contribution in [0.3, 0.4) is 0 Å². The van der Waals surface area contributed by atoms with E-state index in [1.54, 1.807) is 7.11 Å². The zero-order valence-electron chi connectivity index (χ0n) is 8.80. The van der Waals surface area contributed by atoms with E-state index in [9.17, 15) is 0 Å². The smallest absolute Gasteiger partial charge is 0.0794 e. The molecule has 2 nitrogen and oxygen atoms in total. The summed E-state index contributed by atoms with van der Waals surface area (Å²) in [5, 5.41) is 3.33. The van der Waals surface area contributed by atoms with Crippen LogP contribution in [0.4, 0.5) is 5.69 Å². The Morgan fingerprint density at radius 1 is 1.29 bits per heavy atom. The van der Waals surface area contributed by atoms with Gasteiger partial charge in [-0.1, -0.05) is 0 Å². The second-order valence-electron chi connectivity index (χ2n) is 3.82. The maximum absolute atomic E-state index is 5.32. The quantitative estimate of drug-likeness (QED) is 0.863. The first-order valence-electron chi connectivity index (χ1n) is 4.58. The molecular weight excluding hydrogens is 289 g/mol. The number of methoxy groups -OCH3 is 1. The first kappa shape index (κ1) is 11.8. The normalized spacial score (nSPS) is 11.4. The maximum Gasteiger partial charge on any atom is 0.0794 e. The summed E-state index contributed by atoms with van der Waals surface area (Å²) in [7, 11) is 1.73. The van der Waals surface area contributed by atoms with E-state index in [0.717, 1.165) is 12.2 Å². The Hall–Kier alpha value is -0.290. The lowest BCUT2D eigenvalue weighted by Gasteiger charge is -2.23. The number of halogens is 1. The average molecular weight is 305 g/mol. The van der Waals surface area contributed by atoms with E-state index in [2.05, 4.69) is 66.0 Å². The molecule has 0 radical (unpaired) electrons. The van der Waals surface area contributed by atoms with E-state index in [-0.39, 0.29) is 5.60 Å². The van der Waals surface area contributed by atoms with E-state index < -0.39 is 0 Å². The maximum atomic E-state index is 5.32. The van der Waals surface area contributed by atoms with Gasteiger partial charge in [0.1, 0.15) is 0 Å². The standard InChI is InChI=1S/C11H16INO/c1-11(2,14-3)8-13-10-6-4-9(12)5-7-10/h4-7,13H,8H2,1-3H3. The van der Waals surface area contributed by atoms with E-state index >= 15 is 0 Å². The second kappa shape index (κ2) is 4.98. The largest absolute Gasteiger partial charge is 0.382 e. The molecule has 0 unspecified atom stereocenters. The van der Waals surface area contributed by atoms with Crippen molar-refractivity contribution in [2.45, 2.75) is 19.4 Å². The summed E-state index contributed by atoms with van der Waals surface area (Å²) in [5.41, 5.74) is 1.01. The van der Waals surface area contributed by atoms with Gasteiger partial charge in [0.25, 0.3) is 0 Å². The van der Waals surface area contributed by atoms with Gasteiger partial charge in [-0.05, 0) is 60.7 Å². The topological polar surface area (TPSA) is 21.3 Å². The van der Waals surface area contributed by atoms with E-state index in [4.69, 9.17) is 4.74 Å². The van der Waals surface area contributed by atoms with E-state index in [0.29, 0.717) is 0 Å². The number of benzene rings is 1. The second-order valence-corrected chi connectivity index (χ2v) is 5.07. The Morgan fingerprint density at radius 2 is 1.86 bits per heavy atom. The van der Waals surface area contributed by atoms with Crippen molar-refractivity contribution in [3.8, 4) is 0 Å². The van der Waals surface area contributed by atoms with Crippen molar-refractivity contribution in [1.29, 1.82) is 0 Å². The van der Waals surface area contributed by atoms with Gasteiger partial charge in [0.2, 0.25) is 0 Å². The Bertz CT molecular complexity index is 282. The molecule has 0 aliphatic carbocycles. The highest BCUT2D eigenvalue weighted by Crippen LogP contribution is 2.13.